The van der Waals surface area contributed by atoms with Crippen molar-refractivity contribution in [1.29, 1.82) is 0 Å². The molecule has 0 saturated heterocycles. The Labute approximate surface area is 117 Å². The first-order valence-electron chi connectivity index (χ1n) is 6.65. The van der Waals surface area contributed by atoms with Gasteiger partial charge >= 0.3 is 0 Å². The molecule has 0 saturated carbocycles. The summed E-state index contributed by atoms with van der Waals surface area (Å²) in [6, 6.07) is 7.50. The second-order valence-electron chi connectivity index (χ2n) is 5.27. The SMILES string of the molecule is CC(C)Cc1cc(N)nc(-c2ccc3c(c2)OCO3)n1. The second-order valence-corrected chi connectivity index (χ2v) is 5.27. The first-order chi connectivity index (χ1) is 9.61. The average molecular weight is 271 g/mol. The van der Waals surface area contributed by atoms with Gasteiger partial charge in [0.05, 0.1) is 0 Å². The molecule has 1 aliphatic heterocycles. The number of aromatic nitrogens is 2. The van der Waals surface area contributed by atoms with Crippen molar-refractivity contribution >= 4 is 5.82 Å². The predicted molar refractivity (Wildman–Crippen MR) is 76.5 cm³/mol. The normalized spacial score (nSPS) is 12.9. The Morgan fingerprint density at radius 1 is 1.15 bits per heavy atom. The van der Waals surface area contributed by atoms with Crippen LogP contribution in [0.25, 0.3) is 11.4 Å². The zero-order valence-electron chi connectivity index (χ0n) is 11.6. The molecule has 1 aliphatic rings. The van der Waals surface area contributed by atoms with E-state index in [4.69, 9.17) is 15.2 Å². The van der Waals surface area contributed by atoms with Crippen molar-refractivity contribution < 1.29 is 9.47 Å². The van der Waals surface area contributed by atoms with E-state index in [1.165, 1.54) is 0 Å². The molecule has 2 heterocycles. The number of fused-ring (bicyclic) bond motifs is 1. The lowest BCUT2D eigenvalue weighted by Gasteiger charge is -2.08. The first kappa shape index (κ1) is 12.7. The van der Waals surface area contributed by atoms with Crippen LogP contribution in [0.2, 0.25) is 0 Å². The summed E-state index contributed by atoms with van der Waals surface area (Å²) in [6.45, 7) is 4.56. The van der Waals surface area contributed by atoms with Crippen LogP contribution in [-0.2, 0) is 6.42 Å². The minimum Gasteiger partial charge on any atom is -0.454 e. The predicted octanol–water partition coefficient (Wildman–Crippen LogP) is 2.65. The Hall–Kier alpha value is -2.30. The average Bonchev–Trinajstić information content (AvgIpc) is 2.84. The third-order valence-electron chi connectivity index (χ3n) is 3.05. The number of nitrogen functional groups attached to an aromatic ring is 1. The summed E-state index contributed by atoms with van der Waals surface area (Å²) in [4.78, 5) is 8.89. The van der Waals surface area contributed by atoms with Crippen molar-refractivity contribution in [2.24, 2.45) is 5.92 Å². The minimum atomic E-state index is 0.259. The van der Waals surface area contributed by atoms with Gasteiger partial charge in [-0.25, -0.2) is 9.97 Å². The smallest absolute Gasteiger partial charge is 0.231 e. The molecule has 20 heavy (non-hydrogen) atoms. The van der Waals surface area contributed by atoms with Gasteiger partial charge in [0.25, 0.3) is 0 Å². The number of benzene rings is 1. The molecule has 2 N–H and O–H groups in total. The van der Waals surface area contributed by atoms with Crippen molar-refractivity contribution in [1.82, 2.24) is 9.97 Å². The van der Waals surface area contributed by atoms with E-state index >= 15 is 0 Å². The van der Waals surface area contributed by atoms with E-state index in [1.807, 2.05) is 24.3 Å². The molecule has 1 aromatic carbocycles. The van der Waals surface area contributed by atoms with Crippen LogP contribution < -0.4 is 15.2 Å². The van der Waals surface area contributed by atoms with Crippen LogP contribution in [0.4, 0.5) is 5.82 Å². The van der Waals surface area contributed by atoms with Gasteiger partial charge in [0.15, 0.2) is 17.3 Å². The molecule has 5 heteroatoms. The van der Waals surface area contributed by atoms with Gasteiger partial charge in [-0.1, -0.05) is 13.8 Å². The summed E-state index contributed by atoms with van der Waals surface area (Å²) in [5, 5.41) is 0. The maximum absolute atomic E-state index is 5.88. The molecule has 1 aromatic heterocycles. The summed E-state index contributed by atoms with van der Waals surface area (Å²) >= 11 is 0. The van der Waals surface area contributed by atoms with E-state index in [0.717, 1.165) is 29.2 Å². The number of hydrogen-bond donors (Lipinski definition) is 1. The van der Waals surface area contributed by atoms with E-state index in [2.05, 4.69) is 23.8 Å². The first-order valence-corrected chi connectivity index (χ1v) is 6.65. The fourth-order valence-electron chi connectivity index (χ4n) is 2.21. The molecule has 2 aromatic rings. The topological polar surface area (TPSA) is 70.3 Å². The molecule has 0 fully saturated rings. The van der Waals surface area contributed by atoms with Gasteiger partial charge in [-0.05, 0) is 30.5 Å². The Morgan fingerprint density at radius 2 is 1.95 bits per heavy atom. The lowest BCUT2D eigenvalue weighted by molar-refractivity contribution is 0.174. The highest BCUT2D eigenvalue weighted by molar-refractivity contribution is 5.62. The molecule has 0 amide bonds. The van der Waals surface area contributed by atoms with E-state index in [1.54, 1.807) is 0 Å². The van der Waals surface area contributed by atoms with Gasteiger partial charge in [0, 0.05) is 17.3 Å². The molecule has 0 bridgehead atoms. The van der Waals surface area contributed by atoms with E-state index in [0.29, 0.717) is 17.6 Å². The third kappa shape index (κ3) is 2.52. The lowest BCUT2D eigenvalue weighted by Crippen LogP contribution is -2.03. The highest BCUT2D eigenvalue weighted by atomic mass is 16.7. The zero-order valence-corrected chi connectivity index (χ0v) is 11.6. The number of ether oxygens (including phenoxy) is 2. The molecular formula is C15H17N3O2. The van der Waals surface area contributed by atoms with Gasteiger partial charge in [-0.2, -0.15) is 0 Å². The lowest BCUT2D eigenvalue weighted by atomic mass is 10.1. The summed E-state index contributed by atoms with van der Waals surface area (Å²) in [5.74, 6) is 3.11. The fraction of sp³-hybridized carbons (Fsp3) is 0.333. The highest BCUT2D eigenvalue weighted by Gasteiger charge is 2.15. The Balaban J connectivity index is 1.99. The maximum atomic E-state index is 5.88. The number of nitrogens with two attached hydrogens (primary N) is 1. The molecule has 5 nitrogen and oxygen atoms in total. The van der Waals surface area contributed by atoms with Gasteiger partial charge in [0.2, 0.25) is 6.79 Å². The van der Waals surface area contributed by atoms with Gasteiger partial charge in [-0.15, -0.1) is 0 Å². The highest BCUT2D eigenvalue weighted by Crippen LogP contribution is 2.35. The van der Waals surface area contributed by atoms with Crippen LogP contribution in [0.1, 0.15) is 19.5 Å². The largest absolute Gasteiger partial charge is 0.454 e. The number of rotatable bonds is 3. The molecule has 0 radical (unpaired) electrons. The molecule has 3 rings (SSSR count). The molecule has 0 aliphatic carbocycles. The monoisotopic (exact) mass is 271 g/mol. The summed E-state index contributed by atoms with van der Waals surface area (Å²) in [5.41, 5.74) is 7.72. The second kappa shape index (κ2) is 5.00. The van der Waals surface area contributed by atoms with Crippen LogP contribution in [0.3, 0.4) is 0 Å². The standard InChI is InChI=1S/C15H17N3O2/c1-9(2)5-11-7-14(16)18-15(17-11)10-3-4-12-13(6-10)20-8-19-12/h3-4,6-7,9H,5,8H2,1-2H3,(H2,16,17,18). The molecule has 0 spiro atoms. The third-order valence-corrected chi connectivity index (χ3v) is 3.05. The summed E-state index contributed by atoms with van der Waals surface area (Å²) in [6.07, 6.45) is 0.879. The molecule has 0 atom stereocenters. The van der Waals surface area contributed by atoms with Crippen molar-refractivity contribution in [2.45, 2.75) is 20.3 Å². The van der Waals surface area contributed by atoms with Gasteiger partial charge in [-0.3, -0.25) is 0 Å². The molecule has 104 valence electrons. The Morgan fingerprint density at radius 3 is 2.75 bits per heavy atom. The summed E-state index contributed by atoms with van der Waals surface area (Å²) < 4.78 is 10.7. The van der Waals surface area contributed by atoms with Crippen LogP contribution >= 0.6 is 0 Å². The van der Waals surface area contributed by atoms with Crippen molar-refractivity contribution in [3.63, 3.8) is 0 Å². The van der Waals surface area contributed by atoms with E-state index in [-0.39, 0.29) is 6.79 Å². The van der Waals surface area contributed by atoms with Gasteiger partial charge in [0.1, 0.15) is 5.82 Å². The Kier molecular flexibility index (Phi) is 3.18. The number of anilines is 1. The zero-order chi connectivity index (χ0) is 14.1. The van der Waals surface area contributed by atoms with Crippen molar-refractivity contribution in [3.05, 3.63) is 30.0 Å². The molecule has 0 unspecified atom stereocenters. The summed E-state index contributed by atoms with van der Waals surface area (Å²) in [7, 11) is 0. The van der Waals surface area contributed by atoms with Crippen LogP contribution in [0.15, 0.2) is 24.3 Å². The van der Waals surface area contributed by atoms with E-state index in [9.17, 15) is 0 Å². The maximum Gasteiger partial charge on any atom is 0.231 e. The fourth-order valence-corrected chi connectivity index (χ4v) is 2.21. The van der Waals surface area contributed by atoms with Crippen LogP contribution in [0, 0.1) is 5.92 Å². The number of hydrogen-bond acceptors (Lipinski definition) is 5. The number of nitrogens with zero attached hydrogens (tertiary/aromatic N) is 2. The molecular weight excluding hydrogens is 254 g/mol. The Bertz CT molecular complexity index is 641. The quantitative estimate of drug-likeness (QED) is 0.929. The van der Waals surface area contributed by atoms with E-state index < -0.39 is 0 Å². The minimum absolute atomic E-state index is 0.259. The van der Waals surface area contributed by atoms with Crippen molar-refractivity contribution in [2.75, 3.05) is 12.5 Å². The van der Waals surface area contributed by atoms with Crippen LogP contribution in [-0.4, -0.2) is 16.8 Å². The van der Waals surface area contributed by atoms with Crippen LogP contribution in [0.5, 0.6) is 11.5 Å². The van der Waals surface area contributed by atoms with Crippen molar-refractivity contribution in [3.8, 4) is 22.9 Å². The van der Waals surface area contributed by atoms with Gasteiger partial charge < -0.3 is 15.2 Å².